The summed E-state index contributed by atoms with van der Waals surface area (Å²) in [6, 6.07) is 0. The van der Waals surface area contributed by atoms with Gasteiger partial charge in [0.25, 0.3) is 0 Å². The van der Waals surface area contributed by atoms with Gasteiger partial charge in [0.2, 0.25) is 0 Å². The van der Waals surface area contributed by atoms with E-state index in [9.17, 15) is 43.2 Å². The molecule has 558 valence electrons. The maximum absolute atomic E-state index is 13.1. The molecule has 0 fully saturated rings. The number of phosphoric ester groups is 2. The van der Waals surface area contributed by atoms with Gasteiger partial charge >= 0.3 is 39.5 Å². The van der Waals surface area contributed by atoms with Crippen LogP contribution in [-0.4, -0.2) is 96.7 Å². The predicted octanol–water partition coefficient (Wildman–Crippen LogP) is 21.9. The first-order valence-corrected chi connectivity index (χ1v) is 42.0. The van der Waals surface area contributed by atoms with E-state index in [0.29, 0.717) is 25.7 Å². The second-order valence-corrected chi connectivity index (χ2v) is 30.9. The molecule has 19 heteroatoms. The summed E-state index contributed by atoms with van der Waals surface area (Å²) >= 11 is 0. The van der Waals surface area contributed by atoms with Crippen molar-refractivity contribution in [1.82, 2.24) is 0 Å². The fourth-order valence-electron chi connectivity index (χ4n) is 11.5. The molecule has 0 aromatic rings. The normalized spacial score (nSPS) is 14.0. The van der Waals surface area contributed by atoms with Crippen LogP contribution in [0.4, 0.5) is 0 Å². The van der Waals surface area contributed by atoms with Gasteiger partial charge in [0.1, 0.15) is 19.3 Å². The minimum absolute atomic E-state index is 0.107. The van der Waals surface area contributed by atoms with Gasteiger partial charge in [-0.2, -0.15) is 0 Å². The van der Waals surface area contributed by atoms with Crippen molar-refractivity contribution >= 4 is 39.5 Å². The van der Waals surface area contributed by atoms with Crippen LogP contribution in [0.2, 0.25) is 0 Å². The number of hydrogen-bond donors (Lipinski definition) is 3. The van der Waals surface area contributed by atoms with Gasteiger partial charge in [-0.1, -0.05) is 337 Å². The Morgan fingerprint density at radius 1 is 0.287 bits per heavy atom. The molecule has 2 unspecified atom stereocenters. The monoisotopic (exact) mass is 1380 g/mol. The van der Waals surface area contributed by atoms with Crippen LogP contribution < -0.4 is 0 Å². The number of ether oxygens (including phenoxy) is 4. The summed E-state index contributed by atoms with van der Waals surface area (Å²) in [5.41, 5.74) is 0. The highest BCUT2D eigenvalue weighted by Gasteiger charge is 2.30. The Morgan fingerprint density at radius 3 is 0.723 bits per heavy atom. The lowest BCUT2D eigenvalue weighted by atomic mass is 10.0. The van der Waals surface area contributed by atoms with Crippen LogP contribution in [0, 0.1) is 11.8 Å². The molecule has 0 heterocycles. The van der Waals surface area contributed by atoms with Crippen molar-refractivity contribution in [3.8, 4) is 0 Å². The summed E-state index contributed by atoms with van der Waals surface area (Å²) in [7, 11) is -9.91. The first-order valence-electron chi connectivity index (χ1n) is 39.0. The van der Waals surface area contributed by atoms with E-state index >= 15 is 0 Å². The van der Waals surface area contributed by atoms with Gasteiger partial charge in [0, 0.05) is 25.7 Å². The zero-order chi connectivity index (χ0) is 69.3. The fourth-order valence-corrected chi connectivity index (χ4v) is 13.1. The Hall–Kier alpha value is -1.94. The van der Waals surface area contributed by atoms with Crippen molar-refractivity contribution in [2.75, 3.05) is 39.6 Å². The molecule has 0 bridgehead atoms. The van der Waals surface area contributed by atoms with Gasteiger partial charge in [0.15, 0.2) is 12.2 Å². The van der Waals surface area contributed by atoms with E-state index in [1.807, 2.05) is 0 Å². The van der Waals surface area contributed by atoms with Crippen LogP contribution in [0.1, 0.15) is 388 Å². The second-order valence-electron chi connectivity index (χ2n) is 28.0. The maximum Gasteiger partial charge on any atom is 0.472 e. The van der Waals surface area contributed by atoms with Gasteiger partial charge in [0.05, 0.1) is 26.4 Å². The third-order valence-corrected chi connectivity index (χ3v) is 19.4. The number of phosphoric acid groups is 2. The zero-order valence-electron chi connectivity index (χ0n) is 61.3. The molecule has 0 spiro atoms. The average Bonchev–Trinajstić information content (AvgIpc) is 3.38. The minimum atomic E-state index is -4.96. The lowest BCUT2D eigenvalue weighted by molar-refractivity contribution is -0.161. The molecular formula is C75H146O17P2. The van der Waals surface area contributed by atoms with Crippen molar-refractivity contribution in [3.63, 3.8) is 0 Å². The third kappa shape index (κ3) is 68.6. The standard InChI is InChI=1S/C75H146O17P2/c1-7-9-11-13-15-17-19-21-22-28-35-41-47-53-59-74(79)91-70(63-85-72(77)57-51-45-39-33-27-20-18-16-14-12-10-8-2)65-89-93(81,82)87-61-69(76)62-88-94(83,84)90-66-71(92-75(80)60-54-48-42-36-30-24-26-32-38-44-50-56-68(5)6)64-86-73(78)58-52-46-40-34-29-23-25-31-37-43-49-55-67(3)4/h67-71,76H,7-66H2,1-6H3,(H,81,82)(H,83,84)/t69-,70+,71+/m0/s1. The Kier molecular flexibility index (Phi) is 65.5. The Morgan fingerprint density at radius 2 is 0.489 bits per heavy atom. The Labute approximate surface area is 575 Å². The number of rotatable bonds is 74. The van der Waals surface area contributed by atoms with Gasteiger partial charge < -0.3 is 33.8 Å². The largest absolute Gasteiger partial charge is 0.472 e. The average molecular weight is 1380 g/mol. The number of carbonyl (C=O) groups excluding carboxylic acids is 4. The lowest BCUT2D eigenvalue weighted by Gasteiger charge is -2.21. The number of carbonyl (C=O) groups is 4. The Bertz CT molecular complexity index is 1820. The minimum Gasteiger partial charge on any atom is -0.462 e. The highest BCUT2D eigenvalue weighted by molar-refractivity contribution is 7.47. The van der Waals surface area contributed by atoms with Crippen molar-refractivity contribution in [2.24, 2.45) is 11.8 Å². The number of esters is 4. The number of aliphatic hydroxyl groups excluding tert-OH is 1. The molecule has 0 aliphatic carbocycles. The summed E-state index contributed by atoms with van der Waals surface area (Å²) < 4.78 is 68.5. The quantitative estimate of drug-likeness (QED) is 0.0222. The van der Waals surface area contributed by atoms with Crippen LogP contribution in [0.5, 0.6) is 0 Å². The molecule has 0 rings (SSSR count). The first-order chi connectivity index (χ1) is 45.4. The number of aliphatic hydroxyl groups is 1. The van der Waals surface area contributed by atoms with Crippen LogP contribution in [0.25, 0.3) is 0 Å². The summed E-state index contributed by atoms with van der Waals surface area (Å²) in [4.78, 5) is 72.8. The van der Waals surface area contributed by atoms with E-state index < -0.39 is 97.5 Å². The summed E-state index contributed by atoms with van der Waals surface area (Å²) in [5, 5.41) is 10.6. The van der Waals surface area contributed by atoms with Crippen molar-refractivity contribution in [1.29, 1.82) is 0 Å². The molecule has 0 aromatic carbocycles. The molecule has 0 saturated heterocycles. The first kappa shape index (κ1) is 92.1. The molecule has 94 heavy (non-hydrogen) atoms. The zero-order valence-corrected chi connectivity index (χ0v) is 63.1. The van der Waals surface area contributed by atoms with E-state index in [2.05, 4.69) is 41.5 Å². The Balaban J connectivity index is 5.27. The molecule has 0 aliphatic rings. The van der Waals surface area contributed by atoms with Crippen molar-refractivity contribution in [3.05, 3.63) is 0 Å². The van der Waals surface area contributed by atoms with E-state index in [4.69, 9.17) is 37.0 Å². The molecule has 3 N–H and O–H groups in total. The SMILES string of the molecule is CCCCCCCCCCCCCCCCC(=O)O[C@H](COC(=O)CCCCCCCCCCCCCC)COP(=O)(O)OC[C@H](O)COP(=O)(O)OC[C@@H](COC(=O)CCCCCCCCCCCCCC(C)C)OC(=O)CCCCCCCCCCCCCC(C)C. The van der Waals surface area contributed by atoms with Gasteiger partial charge in [-0.3, -0.25) is 37.3 Å². The molecule has 0 radical (unpaired) electrons. The highest BCUT2D eigenvalue weighted by atomic mass is 31.2. The number of unbranched alkanes of at least 4 members (excludes halogenated alkanes) is 44. The van der Waals surface area contributed by atoms with Crippen molar-refractivity contribution in [2.45, 2.75) is 407 Å². The van der Waals surface area contributed by atoms with Crippen LogP contribution in [-0.2, 0) is 65.4 Å². The third-order valence-electron chi connectivity index (χ3n) is 17.5. The van der Waals surface area contributed by atoms with Crippen LogP contribution in [0.15, 0.2) is 0 Å². The summed E-state index contributed by atoms with van der Waals surface area (Å²) in [6.45, 7) is 9.60. The predicted molar refractivity (Wildman–Crippen MR) is 381 cm³/mol. The van der Waals surface area contributed by atoms with Crippen molar-refractivity contribution < 1.29 is 80.2 Å². The molecule has 5 atom stereocenters. The summed E-state index contributed by atoms with van der Waals surface area (Å²) in [6.07, 6.45) is 53.9. The molecule has 0 aliphatic heterocycles. The smallest absolute Gasteiger partial charge is 0.462 e. The summed E-state index contributed by atoms with van der Waals surface area (Å²) in [5.74, 6) is -0.578. The molecule has 0 amide bonds. The van der Waals surface area contributed by atoms with E-state index in [1.54, 1.807) is 0 Å². The van der Waals surface area contributed by atoms with E-state index in [1.165, 1.54) is 205 Å². The molecular weight excluding hydrogens is 1230 g/mol. The fraction of sp³-hybridized carbons (Fsp3) is 0.947. The molecule has 0 saturated carbocycles. The topological polar surface area (TPSA) is 237 Å². The van der Waals surface area contributed by atoms with Gasteiger partial charge in [-0.15, -0.1) is 0 Å². The van der Waals surface area contributed by atoms with Gasteiger partial charge in [-0.25, -0.2) is 9.13 Å². The van der Waals surface area contributed by atoms with Crippen LogP contribution >= 0.6 is 15.6 Å². The second kappa shape index (κ2) is 66.9. The van der Waals surface area contributed by atoms with E-state index in [-0.39, 0.29) is 25.7 Å². The maximum atomic E-state index is 13.1. The van der Waals surface area contributed by atoms with Crippen LogP contribution in [0.3, 0.4) is 0 Å². The molecule has 0 aromatic heterocycles. The number of hydrogen-bond acceptors (Lipinski definition) is 15. The van der Waals surface area contributed by atoms with Gasteiger partial charge in [-0.05, 0) is 37.5 Å². The molecule has 17 nitrogen and oxygen atoms in total. The van der Waals surface area contributed by atoms with E-state index in [0.717, 1.165) is 102 Å². The lowest BCUT2D eigenvalue weighted by Crippen LogP contribution is -2.30. The highest BCUT2D eigenvalue weighted by Crippen LogP contribution is 2.45.